The van der Waals surface area contributed by atoms with Crippen LogP contribution in [0.5, 0.6) is 11.5 Å². The first kappa shape index (κ1) is 22.3. The maximum Gasteiger partial charge on any atom is 0.246 e. The number of phenolic OH excluding ortho intramolecular Hbond substituents is 1. The second-order valence-electron chi connectivity index (χ2n) is 10.6. The van der Waals surface area contributed by atoms with Crippen molar-refractivity contribution in [3.63, 3.8) is 0 Å². The molecule has 2 aromatic carbocycles. The minimum absolute atomic E-state index is 0.0351. The molecule has 0 aromatic heterocycles. The molecule has 6 rings (SSSR count). The molecular weight excluding hydrogens is 444 g/mol. The van der Waals surface area contributed by atoms with Gasteiger partial charge in [-0.1, -0.05) is 29.8 Å². The van der Waals surface area contributed by atoms with Gasteiger partial charge in [-0.2, -0.15) is 0 Å². The maximum atomic E-state index is 13.5. The number of nitrogens with zero attached hydrogens (tertiary/aromatic N) is 2. The van der Waals surface area contributed by atoms with Gasteiger partial charge in [0.2, 0.25) is 5.91 Å². The first-order valence-corrected chi connectivity index (χ1v) is 12.2. The number of aliphatic hydroxyl groups is 1. The van der Waals surface area contributed by atoms with E-state index in [0.29, 0.717) is 36.9 Å². The van der Waals surface area contributed by atoms with E-state index in [9.17, 15) is 19.8 Å². The Hall–Kier alpha value is -3.16. The monoisotopic (exact) mass is 474 g/mol. The van der Waals surface area contributed by atoms with E-state index >= 15 is 0 Å². The average Bonchev–Trinajstić information content (AvgIpc) is 3.18. The third-order valence-electron chi connectivity index (χ3n) is 8.83. The number of hydrogen-bond donors (Lipinski definition) is 2. The molecule has 182 valence electrons. The molecule has 2 aromatic rings. The molecule has 0 radical (unpaired) electrons. The summed E-state index contributed by atoms with van der Waals surface area (Å²) in [4.78, 5) is 30.4. The van der Waals surface area contributed by atoms with E-state index in [1.807, 2.05) is 49.2 Å². The topological polar surface area (TPSA) is 90.3 Å². The van der Waals surface area contributed by atoms with Gasteiger partial charge in [-0.05, 0) is 63.6 Å². The van der Waals surface area contributed by atoms with Gasteiger partial charge in [0.15, 0.2) is 17.3 Å². The number of amides is 1. The highest BCUT2D eigenvalue weighted by molar-refractivity contribution is 6.06. The predicted octanol–water partition coefficient (Wildman–Crippen LogP) is 2.67. The smallest absolute Gasteiger partial charge is 0.246 e. The number of likely N-dealkylation sites (N-methyl/N-ethyl adjacent to an activating group) is 2. The number of aromatic hydroxyl groups is 1. The van der Waals surface area contributed by atoms with Crippen LogP contribution in [0.4, 0.5) is 0 Å². The molecule has 1 spiro atoms. The summed E-state index contributed by atoms with van der Waals surface area (Å²) in [6, 6.07) is 10.1. The SMILES string of the molecule is Cc1cccc(C=CC(=O)N(C)[C@H]2CC[C@@]3(O)[C@H]4C(=O)c5ccc(O)c6c5[C@@]3(CCN4C)[C@H]2O6)c1. The average molecular weight is 475 g/mol. The van der Waals surface area contributed by atoms with Crippen molar-refractivity contribution >= 4 is 17.8 Å². The molecule has 1 amide bonds. The van der Waals surface area contributed by atoms with Gasteiger partial charge < -0.3 is 19.8 Å². The number of phenols is 1. The Morgan fingerprint density at radius 2 is 2.06 bits per heavy atom. The number of carbonyl (C=O) groups is 2. The standard InChI is InChI=1S/C28H30N2O5/c1-16-5-4-6-17(15-16)7-10-21(32)30(3)19-11-12-28(34)25-23(33)18-8-9-20(31)24-22(18)27(28,26(19)35-24)13-14-29(25)2/h4-10,15,19,25-26,31,34H,11-14H2,1-3H3/t19-,25+,26-,27-,28+/m0/s1. The van der Waals surface area contributed by atoms with Crippen molar-refractivity contribution in [1.29, 1.82) is 0 Å². The zero-order valence-electron chi connectivity index (χ0n) is 20.2. The van der Waals surface area contributed by atoms with Gasteiger partial charge in [0.25, 0.3) is 0 Å². The molecule has 2 aliphatic carbocycles. The molecule has 2 bridgehead atoms. The number of piperidine rings is 1. The number of hydrogen-bond acceptors (Lipinski definition) is 6. The quantitative estimate of drug-likeness (QED) is 0.665. The number of rotatable bonds is 3. The van der Waals surface area contributed by atoms with Crippen LogP contribution in [-0.4, -0.2) is 76.1 Å². The van der Waals surface area contributed by atoms with E-state index < -0.39 is 23.2 Å². The molecule has 7 nitrogen and oxygen atoms in total. The van der Waals surface area contributed by atoms with E-state index in [1.54, 1.807) is 24.1 Å². The highest BCUT2D eigenvalue weighted by atomic mass is 16.5. The molecule has 2 N–H and O–H groups in total. The third kappa shape index (κ3) is 2.79. The minimum atomic E-state index is -1.33. The zero-order valence-corrected chi connectivity index (χ0v) is 20.2. The number of benzene rings is 2. The van der Waals surface area contributed by atoms with E-state index in [-0.39, 0.29) is 29.2 Å². The molecule has 2 fully saturated rings. The van der Waals surface area contributed by atoms with Crippen LogP contribution < -0.4 is 4.74 Å². The fraction of sp³-hybridized carbons (Fsp3) is 0.429. The van der Waals surface area contributed by atoms with Gasteiger partial charge >= 0.3 is 0 Å². The first-order valence-electron chi connectivity index (χ1n) is 12.2. The normalized spacial score (nSPS) is 32.9. The number of ether oxygens (including phenoxy) is 1. The predicted molar refractivity (Wildman–Crippen MR) is 131 cm³/mol. The summed E-state index contributed by atoms with van der Waals surface area (Å²) in [5.74, 6) is -0.0361. The van der Waals surface area contributed by atoms with Crippen molar-refractivity contribution in [2.45, 2.75) is 55.4 Å². The van der Waals surface area contributed by atoms with Crippen LogP contribution in [0.1, 0.15) is 46.3 Å². The molecule has 7 heteroatoms. The van der Waals surface area contributed by atoms with E-state index in [1.165, 1.54) is 6.07 Å². The summed E-state index contributed by atoms with van der Waals surface area (Å²) < 4.78 is 6.42. The van der Waals surface area contributed by atoms with Gasteiger partial charge in [-0.15, -0.1) is 0 Å². The summed E-state index contributed by atoms with van der Waals surface area (Å²) in [6.45, 7) is 2.63. The maximum absolute atomic E-state index is 13.5. The van der Waals surface area contributed by atoms with Crippen LogP contribution in [-0.2, 0) is 10.2 Å². The lowest BCUT2D eigenvalue weighted by Crippen LogP contribution is -2.79. The Bertz CT molecular complexity index is 1290. The van der Waals surface area contributed by atoms with Crippen LogP contribution in [0.2, 0.25) is 0 Å². The number of carbonyl (C=O) groups excluding carboxylic acids is 2. The van der Waals surface area contributed by atoms with E-state index in [2.05, 4.69) is 0 Å². The zero-order chi connectivity index (χ0) is 24.7. The van der Waals surface area contributed by atoms with Crippen molar-refractivity contribution in [3.8, 4) is 11.5 Å². The Labute approximate surface area is 204 Å². The first-order chi connectivity index (χ1) is 16.7. The lowest BCUT2D eigenvalue weighted by atomic mass is 9.48. The molecule has 4 aliphatic rings. The van der Waals surface area contributed by atoms with Gasteiger partial charge in [-0.3, -0.25) is 14.5 Å². The third-order valence-corrected chi connectivity index (χ3v) is 8.83. The van der Waals surface area contributed by atoms with Gasteiger partial charge in [0.1, 0.15) is 17.7 Å². The highest BCUT2D eigenvalue weighted by Gasteiger charge is 2.75. The summed E-state index contributed by atoms with van der Waals surface area (Å²) in [7, 11) is 3.64. The Balaban J connectivity index is 1.41. The lowest BCUT2D eigenvalue weighted by Gasteiger charge is -2.63. The minimum Gasteiger partial charge on any atom is -0.504 e. The second kappa shape index (κ2) is 7.42. The van der Waals surface area contributed by atoms with Crippen LogP contribution in [0, 0.1) is 6.92 Å². The molecular formula is C28H30N2O5. The van der Waals surface area contributed by atoms with Crippen LogP contribution in [0.25, 0.3) is 6.08 Å². The number of aryl methyl sites for hydroxylation is 1. The van der Waals surface area contributed by atoms with Gasteiger partial charge in [0.05, 0.1) is 11.5 Å². The van der Waals surface area contributed by atoms with Crippen molar-refractivity contribution in [1.82, 2.24) is 9.80 Å². The van der Waals surface area contributed by atoms with Crippen molar-refractivity contribution in [2.75, 3.05) is 20.6 Å². The van der Waals surface area contributed by atoms with Crippen molar-refractivity contribution < 1.29 is 24.5 Å². The Kier molecular flexibility index (Phi) is 4.73. The largest absolute Gasteiger partial charge is 0.504 e. The van der Waals surface area contributed by atoms with Crippen LogP contribution in [0.15, 0.2) is 42.5 Å². The molecule has 35 heavy (non-hydrogen) atoms. The van der Waals surface area contributed by atoms with Crippen molar-refractivity contribution in [2.24, 2.45) is 0 Å². The molecule has 5 atom stereocenters. The van der Waals surface area contributed by atoms with Crippen LogP contribution >= 0.6 is 0 Å². The van der Waals surface area contributed by atoms with Crippen LogP contribution in [0.3, 0.4) is 0 Å². The fourth-order valence-electron chi connectivity index (χ4n) is 7.22. The summed E-state index contributed by atoms with van der Waals surface area (Å²) in [5, 5.41) is 22.9. The van der Waals surface area contributed by atoms with Gasteiger partial charge in [0, 0.05) is 24.3 Å². The lowest BCUT2D eigenvalue weighted by molar-refractivity contribution is -0.184. The summed E-state index contributed by atoms with van der Waals surface area (Å²) >= 11 is 0. The molecule has 1 saturated carbocycles. The summed E-state index contributed by atoms with van der Waals surface area (Å²) in [5.41, 5.74) is 1.02. The molecule has 2 aliphatic heterocycles. The number of likely N-dealkylation sites (tertiary alicyclic amines) is 1. The molecule has 2 heterocycles. The Morgan fingerprint density at radius 3 is 2.83 bits per heavy atom. The summed E-state index contributed by atoms with van der Waals surface area (Å²) in [6.07, 6.45) is 4.25. The molecule has 1 saturated heterocycles. The molecule has 0 unspecified atom stereocenters. The van der Waals surface area contributed by atoms with Crippen molar-refractivity contribution in [3.05, 3.63) is 64.7 Å². The van der Waals surface area contributed by atoms with E-state index in [0.717, 1.165) is 11.1 Å². The van der Waals surface area contributed by atoms with E-state index in [4.69, 9.17) is 4.74 Å². The highest BCUT2D eigenvalue weighted by Crippen LogP contribution is 2.65. The number of Topliss-reactive ketones (excluding diaryl/α,β-unsaturated/α-hetero) is 1. The van der Waals surface area contributed by atoms with Gasteiger partial charge in [-0.25, -0.2) is 0 Å². The Morgan fingerprint density at radius 1 is 1.26 bits per heavy atom. The fourth-order valence-corrected chi connectivity index (χ4v) is 7.22. The number of ketones is 1. The second-order valence-corrected chi connectivity index (χ2v) is 10.6.